The topological polar surface area (TPSA) is 61.9 Å². The number of morpholine rings is 1. The van der Waals surface area contributed by atoms with Gasteiger partial charge in [-0.3, -0.25) is 9.59 Å². The van der Waals surface area contributed by atoms with Gasteiger partial charge in [0.1, 0.15) is 0 Å². The van der Waals surface area contributed by atoms with E-state index in [0.29, 0.717) is 11.3 Å². The highest BCUT2D eigenvalue weighted by molar-refractivity contribution is 5.99. The Bertz CT molecular complexity index is 822. The Morgan fingerprint density at radius 3 is 2.25 bits per heavy atom. The number of ether oxygens (including phenoxy) is 1. The second-order valence-electron chi connectivity index (χ2n) is 7.23. The van der Waals surface area contributed by atoms with E-state index in [1.54, 1.807) is 7.05 Å². The van der Waals surface area contributed by atoms with Crippen molar-refractivity contribution in [1.29, 1.82) is 0 Å². The first-order valence-electron chi connectivity index (χ1n) is 9.49. The monoisotopic (exact) mass is 381 g/mol. The van der Waals surface area contributed by atoms with Crippen molar-refractivity contribution in [3.63, 3.8) is 0 Å². The molecule has 0 saturated carbocycles. The van der Waals surface area contributed by atoms with Crippen LogP contribution in [0, 0.1) is 13.8 Å². The molecule has 0 aromatic heterocycles. The molecule has 1 fully saturated rings. The number of rotatable bonds is 5. The minimum absolute atomic E-state index is 0.00294. The van der Waals surface area contributed by atoms with Gasteiger partial charge in [-0.2, -0.15) is 0 Å². The number of hydrogen-bond acceptors (Lipinski definition) is 4. The average Bonchev–Trinajstić information content (AvgIpc) is 2.67. The van der Waals surface area contributed by atoms with Gasteiger partial charge in [0.25, 0.3) is 5.91 Å². The number of nitrogens with zero attached hydrogens (tertiary/aromatic N) is 2. The van der Waals surface area contributed by atoms with E-state index >= 15 is 0 Å². The highest BCUT2D eigenvalue weighted by atomic mass is 16.5. The maximum atomic E-state index is 12.6. The number of carbonyl (C=O) groups excluding carboxylic acids is 2. The summed E-state index contributed by atoms with van der Waals surface area (Å²) in [5.74, 6) is -0.385. The van der Waals surface area contributed by atoms with Crippen LogP contribution in [0.3, 0.4) is 0 Å². The highest BCUT2D eigenvalue weighted by Gasteiger charge is 2.16. The van der Waals surface area contributed by atoms with Crippen molar-refractivity contribution in [2.75, 3.05) is 50.1 Å². The standard InChI is InChI=1S/C22H27N3O3/c1-16-12-17(2)14-18(13-16)22(27)24(3)15-21(26)23-19-4-6-20(7-5-19)25-8-10-28-11-9-25/h4-7,12-14H,8-11,15H2,1-3H3,(H,23,26). The van der Waals surface area contributed by atoms with Gasteiger partial charge in [0.05, 0.1) is 19.8 Å². The Hall–Kier alpha value is -2.86. The fourth-order valence-corrected chi connectivity index (χ4v) is 3.38. The number of aryl methyl sites for hydroxylation is 2. The summed E-state index contributed by atoms with van der Waals surface area (Å²) in [4.78, 5) is 28.6. The molecule has 0 bridgehead atoms. The van der Waals surface area contributed by atoms with Crippen LogP contribution in [0.25, 0.3) is 0 Å². The first-order chi connectivity index (χ1) is 13.4. The Morgan fingerprint density at radius 2 is 1.64 bits per heavy atom. The SMILES string of the molecule is Cc1cc(C)cc(C(=O)N(C)CC(=O)Nc2ccc(N3CCOCC3)cc2)c1. The quantitative estimate of drug-likeness (QED) is 0.865. The molecule has 0 aliphatic carbocycles. The molecular weight excluding hydrogens is 354 g/mol. The van der Waals surface area contributed by atoms with Crippen molar-refractivity contribution in [1.82, 2.24) is 4.90 Å². The average molecular weight is 381 g/mol. The summed E-state index contributed by atoms with van der Waals surface area (Å²) in [6.07, 6.45) is 0. The molecule has 28 heavy (non-hydrogen) atoms. The molecule has 148 valence electrons. The first-order valence-corrected chi connectivity index (χ1v) is 9.49. The smallest absolute Gasteiger partial charge is 0.254 e. The minimum atomic E-state index is -0.223. The molecule has 0 spiro atoms. The molecule has 1 aliphatic heterocycles. The van der Waals surface area contributed by atoms with Crippen molar-refractivity contribution < 1.29 is 14.3 Å². The third-order valence-electron chi connectivity index (χ3n) is 4.72. The number of nitrogens with one attached hydrogen (secondary N) is 1. The van der Waals surface area contributed by atoms with Gasteiger partial charge in [-0.1, -0.05) is 17.2 Å². The van der Waals surface area contributed by atoms with Crippen LogP contribution in [0.2, 0.25) is 0 Å². The predicted molar refractivity (Wildman–Crippen MR) is 111 cm³/mol. The molecule has 6 nitrogen and oxygen atoms in total. The Balaban J connectivity index is 1.56. The van der Waals surface area contributed by atoms with Gasteiger partial charge in [-0.05, 0) is 50.2 Å². The summed E-state index contributed by atoms with van der Waals surface area (Å²) < 4.78 is 5.37. The zero-order chi connectivity index (χ0) is 20.1. The Labute approximate surface area is 166 Å². The van der Waals surface area contributed by atoms with E-state index in [4.69, 9.17) is 4.74 Å². The molecule has 1 saturated heterocycles. The largest absolute Gasteiger partial charge is 0.378 e. The molecule has 3 rings (SSSR count). The van der Waals surface area contributed by atoms with E-state index in [1.165, 1.54) is 4.90 Å². The number of anilines is 2. The maximum Gasteiger partial charge on any atom is 0.254 e. The lowest BCUT2D eigenvalue weighted by Crippen LogP contribution is -2.36. The van der Waals surface area contributed by atoms with Gasteiger partial charge in [-0.25, -0.2) is 0 Å². The number of hydrogen-bond donors (Lipinski definition) is 1. The van der Waals surface area contributed by atoms with E-state index in [2.05, 4.69) is 10.2 Å². The van der Waals surface area contributed by atoms with Gasteiger partial charge in [0, 0.05) is 37.1 Å². The molecule has 0 atom stereocenters. The molecule has 1 heterocycles. The van der Waals surface area contributed by atoms with Gasteiger partial charge < -0.3 is 19.9 Å². The predicted octanol–water partition coefficient (Wildman–Crippen LogP) is 2.85. The highest BCUT2D eigenvalue weighted by Crippen LogP contribution is 2.19. The van der Waals surface area contributed by atoms with Crippen molar-refractivity contribution in [3.05, 3.63) is 59.2 Å². The zero-order valence-electron chi connectivity index (χ0n) is 16.7. The number of amides is 2. The summed E-state index contributed by atoms with van der Waals surface area (Å²) >= 11 is 0. The second kappa shape index (κ2) is 8.89. The van der Waals surface area contributed by atoms with E-state index < -0.39 is 0 Å². The Kier molecular flexibility index (Phi) is 6.31. The fraction of sp³-hybridized carbons (Fsp3) is 0.364. The molecule has 2 aromatic carbocycles. The third kappa shape index (κ3) is 5.10. The lowest BCUT2D eigenvalue weighted by molar-refractivity contribution is -0.116. The molecular formula is C22H27N3O3. The summed E-state index contributed by atoms with van der Waals surface area (Å²) in [5.41, 5.74) is 4.49. The second-order valence-corrected chi connectivity index (χ2v) is 7.23. The van der Waals surface area contributed by atoms with Crippen molar-refractivity contribution in [2.24, 2.45) is 0 Å². The van der Waals surface area contributed by atoms with E-state index in [1.807, 2.05) is 56.3 Å². The lowest BCUT2D eigenvalue weighted by atomic mass is 10.1. The van der Waals surface area contributed by atoms with Crippen LogP contribution in [0.4, 0.5) is 11.4 Å². The Morgan fingerprint density at radius 1 is 1.04 bits per heavy atom. The molecule has 2 amide bonds. The summed E-state index contributed by atoms with van der Waals surface area (Å²) in [6.45, 7) is 7.12. The minimum Gasteiger partial charge on any atom is -0.378 e. The molecule has 6 heteroatoms. The van der Waals surface area contributed by atoms with Crippen LogP contribution in [0.5, 0.6) is 0 Å². The molecule has 1 N–H and O–H groups in total. The van der Waals surface area contributed by atoms with E-state index in [9.17, 15) is 9.59 Å². The van der Waals surface area contributed by atoms with Gasteiger partial charge in [0.2, 0.25) is 5.91 Å². The third-order valence-corrected chi connectivity index (χ3v) is 4.72. The first kappa shape index (κ1) is 19.9. The molecule has 2 aromatic rings. The van der Waals surface area contributed by atoms with Crippen LogP contribution in [0.1, 0.15) is 21.5 Å². The van der Waals surface area contributed by atoms with E-state index in [-0.39, 0.29) is 18.4 Å². The maximum absolute atomic E-state index is 12.6. The van der Waals surface area contributed by atoms with Crippen LogP contribution < -0.4 is 10.2 Å². The van der Waals surface area contributed by atoms with Gasteiger partial charge in [0.15, 0.2) is 0 Å². The number of carbonyl (C=O) groups is 2. The fourth-order valence-electron chi connectivity index (χ4n) is 3.38. The summed E-state index contributed by atoms with van der Waals surface area (Å²) in [6, 6.07) is 13.5. The molecule has 1 aliphatic rings. The lowest BCUT2D eigenvalue weighted by Gasteiger charge is -2.28. The van der Waals surface area contributed by atoms with Gasteiger partial charge >= 0.3 is 0 Å². The van der Waals surface area contributed by atoms with Crippen LogP contribution >= 0.6 is 0 Å². The van der Waals surface area contributed by atoms with Crippen LogP contribution in [-0.4, -0.2) is 56.6 Å². The van der Waals surface area contributed by atoms with E-state index in [0.717, 1.165) is 43.1 Å². The van der Waals surface area contributed by atoms with Crippen LogP contribution in [0.15, 0.2) is 42.5 Å². The summed E-state index contributed by atoms with van der Waals surface area (Å²) in [7, 11) is 1.64. The van der Waals surface area contributed by atoms with Crippen molar-refractivity contribution in [2.45, 2.75) is 13.8 Å². The molecule has 0 radical (unpaired) electrons. The molecule has 0 unspecified atom stereocenters. The van der Waals surface area contributed by atoms with Crippen molar-refractivity contribution in [3.8, 4) is 0 Å². The van der Waals surface area contributed by atoms with Crippen molar-refractivity contribution >= 4 is 23.2 Å². The van der Waals surface area contributed by atoms with Gasteiger partial charge in [-0.15, -0.1) is 0 Å². The summed E-state index contributed by atoms with van der Waals surface area (Å²) in [5, 5.41) is 2.86. The number of likely N-dealkylation sites (N-methyl/N-ethyl adjacent to an activating group) is 1. The normalized spacial score (nSPS) is 13.9. The zero-order valence-corrected chi connectivity index (χ0v) is 16.7. The number of benzene rings is 2. The van der Waals surface area contributed by atoms with Crippen LogP contribution in [-0.2, 0) is 9.53 Å².